The van der Waals surface area contributed by atoms with Crippen molar-refractivity contribution in [1.29, 1.82) is 0 Å². The van der Waals surface area contributed by atoms with E-state index in [1.807, 2.05) is 32.9 Å². The first-order valence-electron chi connectivity index (χ1n) is 10.5. The number of esters is 1. The van der Waals surface area contributed by atoms with Crippen molar-refractivity contribution in [3.63, 3.8) is 0 Å². The number of ketones is 1. The Bertz CT molecular complexity index is 764. The van der Waals surface area contributed by atoms with Gasteiger partial charge in [-0.25, -0.2) is 4.79 Å². The highest BCUT2D eigenvalue weighted by molar-refractivity contribution is 5.99. The lowest BCUT2D eigenvalue weighted by molar-refractivity contribution is -0.157. The standard InChI is InChI=1S/C23H31NO4/c1-15-12-17(3)19(13-16(15)2)21(25)14-28-23(27)20-10-6-7-11-24(20)22(26)18-8-4-5-9-18/h12-13,18,20H,4-11,14H2,1-3H3/t20-/m0/s1. The second-order valence-electron chi connectivity index (χ2n) is 8.31. The number of rotatable bonds is 5. The normalized spacial score (nSPS) is 20.2. The number of aryl methyl sites for hydroxylation is 3. The Hall–Kier alpha value is -2.17. The predicted molar refractivity (Wildman–Crippen MR) is 107 cm³/mol. The molecule has 2 fully saturated rings. The Balaban J connectivity index is 1.63. The van der Waals surface area contributed by atoms with Crippen molar-refractivity contribution in [1.82, 2.24) is 4.90 Å². The third kappa shape index (κ3) is 4.45. The van der Waals surface area contributed by atoms with Crippen molar-refractivity contribution in [2.24, 2.45) is 5.92 Å². The quantitative estimate of drug-likeness (QED) is 0.569. The van der Waals surface area contributed by atoms with Gasteiger partial charge in [0.1, 0.15) is 6.04 Å². The predicted octanol–water partition coefficient (Wildman–Crippen LogP) is 3.91. The third-order valence-electron chi connectivity index (χ3n) is 6.25. The van der Waals surface area contributed by atoms with Gasteiger partial charge >= 0.3 is 5.97 Å². The van der Waals surface area contributed by atoms with E-state index in [-0.39, 0.29) is 24.2 Å². The molecule has 5 nitrogen and oxygen atoms in total. The van der Waals surface area contributed by atoms with Crippen LogP contribution in [0.2, 0.25) is 0 Å². The molecule has 0 radical (unpaired) electrons. The second kappa shape index (κ2) is 8.89. The fourth-order valence-corrected chi connectivity index (χ4v) is 4.42. The first kappa shape index (κ1) is 20.6. The molecule has 1 aromatic rings. The molecule has 0 N–H and O–H groups in total. The molecule has 1 heterocycles. The van der Waals surface area contributed by atoms with E-state index in [4.69, 9.17) is 4.74 Å². The van der Waals surface area contributed by atoms with Crippen LogP contribution in [0.15, 0.2) is 12.1 Å². The molecule has 152 valence electrons. The van der Waals surface area contributed by atoms with E-state index in [0.717, 1.165) is 55.2 Å². The van der Waals surface area contributed by atoms with Gasteiger partial charge in [-0.3, -0.25) is 9.59 Å². The molecule has 1 aliphatic heterocycles. The zero-order valence-electron chi connectivity index (χ0n) is 17.3. The number of hydrogen-bond donors (Lipinski definition) is 0. The van der Waals surface area contributed by atoms with Gasteiger partial charge in [0.2, 0.25) is 11.7 Å². The van der Waals surface area contributed by atoms with E-state index in [2.05, 4.69) is 0 Å². The monoisotopic (exact) mass is 385 g/mol. The average Bonchev–Trinajstić information content (AvgIpc) is 3.23. The molecule has 0 bridgehead atoms. The Kier molecular flexibility index (Phi) is 6.53. The van der Waals surface area contributed by atoms with Gasteiger partial charge < -0.3 is 9.64 Å². The van der Waals surface area contributed by atoms with Crippen LogP contribution in [0, 0.1) is 26.7 Å². The van der Waals surface area contributed by atoms with Gasteiger partial charge in [0.15, 0.2) is 6.61 Å². The van der Waals surface area contributed by atoms with Gasteiger partial charge in [-0.15, -0.1) is 0 Å². The lowest BCUT2D eigenvalue weighted by Crippen LogP contribution is -2.50. The minimum atomic E-state index is -0.546. The Morgan fingerprint density at radius 2 is 1.57 bits per heavy atom. The van der Waals surface area contributed by atoms with Crippen molar-refractivity contribution in [3.8, 4) is 0 Å². The van der Waals surface area contributed by atoms with Gasteiger partial charge in [0.25, 0.3) is 0 Å². The summed E-state index contributed by atoms with van der Waals surface area (Å²) in [5.74, 6) is -0.497. The maximum absolute atomic E-state index is 12.8. The summed E-state index contributed by atoms with van der Waals surface area (Å²) >= 11 is 0. The van der Waals surface area contributed by atoms with E-state index in [1.54, 1.807) is 4.90 Å². The summed E-state index contributed by atoms with van der Waals surface area (Å²) in [6, 6.07) is 3.29. The molecule has 1 aromatic carbocycles. The zero-order chi connectivity index (χ0) is 20.3. The smallest absolute Gasteiger partial charge is 0.329 e. The van der Waals surface area contributed by atoms with Crippen LogP contribution in [-0.4, -0.2) is 41.8 Å². The summed E-state index contributed by atoms with van der Waals surface area (Å²) in [6.45, 7) is 6.20. The molecule has 1 amide bonds. The number of benzene rings is 1. The molecule has 3 rings (SSSR count). The maximum Gasteiger partial charge on any atom is 0.329 e. The number of hydrogen-bond acceptors (Lipinski definition) is 4. The first-order valence-corrected chi connectivity index (χ1v) is 10.5. The number of carbonyl (C=O) groups excluding carboxylic acids is 3. The van der Waals surface area contributed by atoms with E-state index in [9.17, 15) is 14.4 Å². The number of Topliss-reactive ketones (excluding diaryl/α,β-unsaturated/α-hetero) is 1. The lowest BCUT2D eigenvalue weighted by atomic mass is 9.98. The number of nitrogens with zero attached hydrogens (tertiary/aromatic N) is 1. The highest BCUT2D eigenvalue weighted by Gasteiger charge is 2.37. The molecule has 0 unspecified atom stereocenters. The number of piperidine rings is 1. The molecule has 0 aromatic heterocycles. The van der Waals surface area contributed by atoms with Crippen molar-refractivity contribution in [3.05, 3.63) is 34.4 Å². The fraction of sp³-hybridized carbons (Fsp3) is 0.609. The topological polar surface area (TPSA) is 63.7 Å². The second-order valence-corrected chi connectivity index (χ2v) is 8.31. The van der Waals surface area contributed by atoms with Gasteiger partial charge in [-0.1, -0.05) is 18.9 Å². The molecular weight excluding hydrogens is 354 g/mol. The summed E-state index contributed by atoms with van der Waals surface area (Å²) in [6.07, 6.45) is 6.45. The minimum Gasteiger partial charge on any atom is -0.456 e. The van der Waals surface area contributed by atoms with Gasteiger partial charge in [0.05, 0.1) is 0 Å². The Morgan fingerprint density at radius 3 is 2.29 bits per heavy atom. The third-order valence-corrected chi connectivity index (χ3v) is 6.25. The molecule has 1 atom stereocenters. The number of ether oxygens (including phenoxy) is 1. The molecule has 0 spiro atoms. The summed E-state index contributed by atoms with van der Waals surface area (Å²) in [5, 5.41) is 0. The number of carbonyl (C=O) groups is 3. The van der Waals surface area contributed by atoms with Crippen molar-refractivity contribution >= 4 is 17.7 Å². The molecule has 5 heteroatoms. The van der Waals surface area contributed by atoms with Gasteiger partial charge in [-0.2, -0.15) is 0 Å². The van der Waals surface area contributed by atoms with E-state index >= 15 is 0 Å². The molecule has 1 saturated carbocycles. The molecule has 2 aliphatic rings. The Morgan fingerprint density at radius 1 is 0.929 bits per heavy atom. The Labute approximate surface area is 167 Å². The average molecular weight is 386 g/mol. The van der Waals surface area contributed by atoms with Crippen LogP contribution in [0.1, 0.15) is 72.0 Å². The van der Waals surface area contributed by atoms with Crippen LogP contribution in [0.25, 0.3) is 0 Å². The van der Waals surface area contributed by atoms with Crippen molar-refractivity contribution in [2.45, 2.75) is 71.8 Å². The first-order chi connectivity index (χ1) is 13.4. The van der Waals surface area contributed by atoms with Crippen LogP contribution < -0.4 is 0 Å². The van der Waals surface area contributed by atoms with Crippen LogP contribution in [0.4, 0.5) is 0 Å². The highest BCUT2D eigenvalue weighted by atomic mass is 16.5. The summed E-state index contributed by atoms with van der Waals surface area (Å²) in [4.78, 5) is 39.8. The maximum atomic E-state index is 12.8. The molecule has 28 heavy (non-hydrogen) atoms. The molecule has 1 saturated heterocycles. The fourth-order valence-electron chi connectivity index (χ4n) is 4.42. The number of likely N-dealkylation sites (tertiary alicyclic amines) is 1. The van der Waals surface area contributed by atoms with Crippen LogP contribution in [-0.2, 0) is 14.3 Å². The molecular formula is C23H31NO4. The summed E-state index contributed by atoms with van der Waals surface area (Å²) in [7, 11) is 0. The summed E-state index contributed by atoms with van der Waals surface area (Å²) < 4.78 is 5.38. The van der Waals surface area contributed by atoms with Crippen LogP contribution in [0.5, 0.6) is 0 Å². The highest BCUT2D eigenvalue weighted by Crippen LogP contribution is 2.29. The van der Waals surface area contributed by atoms with E-state index in [1.165, 1.54) is 0 Å². The number of amides is 1. The summed E-state index contributed by atoms with van der Waals surface area (Å²) in [5.41, 5.74) is 3.66. The van der Waals surface area contributed by atoms with E-state index in [0.29, 0.717) is 18.5 Å². The van der Waals surface area contributed by atoms with Crippen LogP contribution in [0.3, 0.4) is 0 Å². The zero-order valence-corrected chi connectivity index (χ0v) is 17.3. The minimum absolute atomic E-state index is 0.0493. The molecule has 1 aliphatic carbocycles. The lowest BCUT2D eigenvalue weighted by Gasteiger charge is -2.35. The van der Waals surface area contributed by atoms with E-state index < -0.39 is 12.0 Å². The largest absolute Gasteiger partial charge is 0.456 e. The van der Waals surface area contributed by atoms with Crippen molar-refractivity contribution < 1.29 is 19.1 Å². The van der Waals surface area contributed by atoms with Crippen LogP contribution >= 0.6 is 0 Å². The van der Waals surface area contributed by atoms with Gasteiger partial charge in [-0.05, 0) is 75.6 Å². The SMILES string of the molecule is Cc1cc(C)c(C(=O)COC(=O)[C@@H]2CCCCN2C(=O)C2CCCC2)cc1C. The van der Waals surface area contributed by atoms with Crippen molar-refractivity contribution in [2.75, 3.05) is 13.2 Å². The van der Waals surface area contributed by atoms with Gasteiger partial charge in [0, 0.05) is 18.0 Å².